The van der Waals surface area contributed by atoms with Crippen molar-refractivity contribution in [1.29, 1.82) is 5.26 Å². The Bertz CT molecular complexity index is 990. The van der Waals surface area contributed by atoms with Gasteiger partial charge in [0.25, 0.3) is 5.88 Å². The van der Waals surface area contributed by atoms with Gasteiger partial charge in [0.2, 0.25) is 0 Å². The second-order valence-corrected chi connectivity index (χ2v) is 6.20. The summed E-state index contributed by atoms with van der Waals surface area (Å²) in [6.45, 7) is 0.696. The minimum absolute atomic E-state index is 0.148. The van der Waals surface area contributed by atoms with Crippen molar-refractivity contribution in [2.24, 2.45) is 0 Å². The molecule has 27 heavy (non-hydrogen) atoms. The van der Waals surface area contributed by atoms with Crippen LogP contribution in [-0.2, 0) is 4.74 Å². The van der Waals surface area contributed by atoms with Crippen LogP contribution >= 0.6 is 0 Å². The summed E-state index contributed by atoms with van der Waals surface area (Å²) in [6.07, 6.45) is 6.03. The summed E-state index contributed by atoms with van der Waals surface area (Å²) in [5.74, 6) is -0.529. The van der Waals surface area contributed by atoms with E-state index in [9.17, 15) is 4.39 Å². The first-order valence-corrected chi connectivity index (χ1v) is 8.74. The van der Waals surface area contributed by atoms with Crippen molar-refractivity contribution in [2.45, 2.75) is 25.5 Å². The molecule has 1 aliphatic heterocycles. The molecule has 2 aromatic heterocycles. The summed E-state index contributed by atoms with van der Waals surface area (Å²) in [5.41, 5.74) is 1.63. The number of nitriles is 1. The number of hydrogen-bond donors (Lipinski definition) is 0. The van der Waals surface area contributed by atoms with E-state index in [-0.39, 0.29) is 17.9 Å². The number of pyridine rings is 1. The number of ether oxygens (including phenoxy) is 2. The Hall–Kier alpha value is -3.24. The summed E-state index contributed by atoms with van der Waals surface area (Å²) < 4.78 is 27.6. The Morgan fingerprint density at radius 3 is 2.93 bits per heavy atom. The zero-order chi connectivity index (χ0) is 18.6. The van der Waals surface area contributed by atoms with E-state index in [1.54, 1.807) is 41.2 Å². The molecule has 1 unspecified atom stereocenters. The van der Waals surface area contributed by atoms with Crippen LogP contribution in [0.1, 0.15) is 31.1 Å². The number of rotatable bonds is 4. The molecule has 136 valence electrons. The molecule has 6 nitrogen and oxygen atoms in total. The Balaban J connectivity index is 1.61. The van der Waals surface area contributed by atoms with Gasteiger partial charge in [0.05, 0.1) is 11.3 Å². The van der Waals surface area contributed by atoms with E-state index in [1.807, 2.05) is 6.07 Å². The minimum Gasteiger partial charge on any atom is -0.435 e. The monoisotopic (exact) mass is 364 g/mol. The van der Waals surface area contributed by atoms with E-state index >= 15 is 0 Å². The van der Waals surface area contributed by atoms with Crippen molar-refractivity contribution in [1.82, 2.24) is 14.8 Å². The Labute approximate surface area is 155 Å². The van der Waals surface area contributed by atoms with Crippen LogP contribution in [0.5, 0.6) is 11.6 Å². The number of halogens is 1. The highest BCUT2D eigenvalue weighted by Crippen LogP contribution is 2.31. The fourth-order valence-electron chi connectivity index (χ4n) is 3.08. The van der Waals surface area contributed by atoms with E-state index in [1.165, 1.54) is 12.3 Å². The standard InChI is InChI=1S/C20H17FN4O2/c21-16-11-15(17-8-9-24-25(17)19-7-3-4-10-26-19)13-23-20(16)27-18-6-2-1-5-14(18)12-22/h1-2,5-6,8-9,11,13,19H,3-4,7,10H2. The molecule has 4 rings (SSSR count). The molecule has 3 aromatic rings. The van der Waals surface area contributed by atoms with E-state index < -0.39 is 5.82 Å². The lowest BCUT2D eigenvalue weighted by Gasteiger charge is -2.24. The number of nitrogens with zero attached hydrogens (tertiary/aromatic N) is 4. The lowest BCUT2D eigenvalue weighted by Crippen LogP contribution is -2.19. The van der Waals surface area contributed by atoms with Crippen LogP contribution in [0, 0.1) is 17.1 Å². The topological polar surface area (TPSA) is 73.0 Å². The van der Waals surface area contributed by atoms with Crippen molar-refractivity contribution >= 4 is 0 Å². The normalized spacial score (nSPS) is 16.7. The van der Waals surface area contributed by atoms with Gasteiger partial charge in [0, 0.05) is 24.6 Å². The highest BCUT2D eigenvalue weighted by atomic mass is 19.1. The second kappa shape index (κ2) is 7.56. The third-order valence-electron chi connectivity index (χ3n) is 4.42. The van der Waals surface area contributed by atoms with Crippen molar-refractivity contribution in [3.05, 3.63) is 60.2 Å². The average molecular weight is 364 g/mol. The molecule has 0 saturated carbocycles. The number of aromatic nitrogens is 3. The summed E-state index contributed by atoms with van der Waals surface area (Å²) in [5, 5.41) is 13.5. The molecule has 0 aliphatic carbocycles. The maximum Gasteiger partial charge on any atom is 0.255 e. The van der Waals surface area contributed by atoms with E-state index in [0.717, 1.165) is 25.0 Å². The van der Waals surface area contributed by atoms with Gasteiger partial charge in [-0.1, -0.05) is 12.1 Å². The molecule has 0 amide bonds. The van der Waals surface area contributed by atoms with Crippen molar-refractivity contribution in [3.63, 3.8) is 0 Å². The maximum atomic E-state index is 14.6. The van der Waals surface area contributed by atoms with Crippen molar-refractivity contribution in [2.75, 3.05) is 6.61 Å². The molecule has 1 saturated heterocycles. The molecule has 1 aliphatic rings. The smallest absolute Gasteiger partial charge is 0.255 e. The molecule has 7 heteroatoms. The molecule has 1 aromatic carbocycles. The zero-order valence-electron chi connectivity index (χ0n) is 14.5. The van der Waals surface area contributed by atoms with E-state index in [2.05, 4.69) is 10.1 Å². The van der Waals surface area contributed by atoms with E-state index in [4.69, 9.17) is 14.7 Å². The van der Waals surface area contributed by atoms with Crippen LogP contribution < -0.4 is 4.74 Å². The number of hydrogen-bond acceptors (Lipinski definition) is 5. The summed E-state index contributed by atoms with van der Waals surface area (Å²) >= 11 is 0. The third-order valence-corrected chi connectivity index (χ3v) is 4.42. The van der Waals surface area contributed by atoms with Gasteiger partial charge in [-0.05, 0) is 43.5 Å². The zero-order valence-corrected chi connectivity index (χ0v) is 14.5. The van der Waals surface area contributed by atoms with Crippen LogP contribution in [0.15, 0.2) is 48.8 Å². The third kappa shape index (κ3) is 3.52. The first kappa shape index (κ1) is 17.2. The maximum absolute atomic E-state index is 14.6. The van der Waals surface area contributed by atoms with Crippen molar-refractivity contribution < 1.29 is 13.9 Å². The number of benzene rings is 1. The van der Waals surface area contributed by atoms with Gasteiger partial charge in [-0.3, -0.25) is 0 Å². The lowest BCUT2D eigenvalue weighted by atomic mass is 10.1. The van der Waals surface area contributed by atoms with Gasteiger partial charge in [0.1, 0.15) is 11.8 Å². The molecule has 3 heterocycles. The Morgan fingerprint density at radius 2 is 2.15 bits per heavy atom. The Kier molecular flexibility index (Phi) is 4.81. The highest BCUT2D eigenvalue weighted by Gasteiger charge is 2.20. The van der Waals surface area contributed by atoms with E-state index in [0.29, 0.717) is 17.7 Å². The van der Waals surface area contributed by atoms with Gasteiger partial charge < -0.3 is 9.47 Å². The first-order chi connectivity index (χ1) is 13.3. The predicted octanol–water partition coefficient (Wildman–Crippen LogP) is 4.45. The van der Waals surface area contributed by atoms with Crippen LogP contribution in [0.25, 0.3) is 11.3 Å². The molecule has 1 fully saturated rings. The molecule has 0 spiro atoms. The second-order valence-electron chi connectivity index (χ2n) is 6.20. The average Bonchev–Trinajstić information content (AvgIpc) is 3.20. The molecule has 0 bridgehead atoms. The number of para-hydroxylation sites is 1. The fourth-order valence-corrected chi connectivity index (χ4v) is 3.08. The van der Waals surface area contributed by atoms with Crippen LogP contribution in [0.2, 0.25) is 0 Å². The largest absolute Gasteiger partial charge is 0.435 e. The molecular weight excluding hydrogens is 347 g/mol. The molecule has 0 N–H and O–H groups in total. The van der Waals surface area contributed by atoms with Gasteiger partial charge >= 0.3 is 0 Å². The summed E-state index contributed by atoms with van der Waals surface area (Å²) in [7, 11) is 0. The SMILES string of the molecule is N#Cc1ccccc1Oc1ncc(-c2ccnn2C2CCCCO2)cc1F. The summed E-state index contributed by atoms with van der Waals surface area (Å²) in [6, 6.07) is 11.8. The van der Waals surface area contributed by atoms with Gasteiger partial charge in [-0.15, -0.1) is 0 Å². The lowest BCUT2D eigenvalue weighted by molar-refractivity contribution is -0.0383. The predicted molar refractivity (Wildman–Crippen MR) is 95.5 cm³/mol. The molecule has 0 radical (unpaired) electrons. The van der Waals surface area contributed by atoms with Crippen LogP contribution in [0.4, 0.5) is 4.39 Å². The minimum atomic E-state index is -0.613. The van der Waals surface area contributed by atoms with Crippen LogP contribution in [-0.4, -0.2) is 21.4 Å². The fraction of sp³-hybridized carbons (Fsp3) is 0.250. The highest BCUT2D eigenvalue weighted by molar-refractivity contribution is 5.59. The Morgan fingerprint density at radius 1 is 1.26 bits per heavy atom. The van der Waals surface area contributed by atoms with Gasteiger partial charge in [-0.2, -0.15) is 10.4 Å². The van der Waals surface area contributed by atoms with Gasteiger partial charge in [0.15, 0.2) is 12.0 Å². The first-order valence-electron chi connectivity index (χ1n) is 8.74. The van der Waals surface area contributed by atoms with Crippen molar-refractivity contribution in [3.8, 4) is 29.0 Å². The quantitative estimate of drug-likeness (QED) is 0.684. The van der Waals surface area contributed by atoms with Crippen LogP contribution in [0.3, 0.4) is 0 Å². The summed E-state index contributed by atoms with van der Waals surface area (Å²) in [4.78, 5) is 4.10. The van der Waals surface area contributed by atoms with Gasteiger partial charge in [-0.25, -0.2) is 14.1 Å². The molecule has 1 atom stereocenters. The molecular formula is C20H17FN4O2.